The number of fused-ring (bicyclic) bond motifs is 1. The van der Waals surface area contributed by atoms with Crippen LogP contribution in [0.1, 0.15) is 42.1 Å². The molecule has 0 aliphatic heterocycles. The Balaban J connectivity index is 2.24. The largest absolute Gasteiger partial charge is 0.294 e. The van der Waals surface area contributed by atoms with Crippen molar-refractivity contribution in [2.45, 2.75) is 32.6 Å². The third-order valence-corrected chi connectivity index (χ3v) is 3.02. The van der Waals surface area contributed by atoms with Crippen LogP contribution in [0.2, 0.25) is 0 Å². The minimum absolute atomic E-state index is 0.0364. The van der Waals surface area contributed by atoms with Gasteiger partial charge < -0.3 is 0 Å². The fraction of sp³-hybridized carbons (Fsp3) is 0.333. The van der Waals surface area contributed by atoms with Crippen molar-refractivity contribution in [3.63, 3.8) is 0 Å². The molecule has 0 bridgehead atoms. The number of carbonyl (C=O) groups is 1. The second-order valence-electron chi connectivity index (χ2n) is 4.39. The number of ketones is 1. The van der Waals surface area contributed by atoms with Crippen LogP contribution in [0.3, 0.4) is 0 Å². The lowest BCUT2D eigenvalue weighted by Crippen LogP contribution is -2.05. The van der Waals surface area contributed by atoms with Crippen molar-refractivity contribution in [3.05, 3.63) is 47.4 Å². The molecule has 0 saturated heterocycles. The summed E-state index contributed by atoms with van der Waals surface area (Å²) >= 11 is 0. The molecule has 18 heavy (non-hydrogen) atoms. The van der Waals surface area contributed by atoms with Crippen molar-refractivity contribution in [1.29, 1.82) is 0 Å². The molecular formula is C15H16FNO. The first-order valence-corrected chi connectivity index (χ1v) is 6.23. The van der Waals surface area contributed by atoms with Crippen molar-refractivity contribution < 1.29 is 9.18 Å². The van der Waals surface area contributed by atoms with Crippen LogP contribution in [0, 0.1) is 5.82 Å². The third kappa shape index (κ3) is 2.92. The van der Waals surface area contributed by atoms with Crippen LogP contribution in [0.5, 0.6) is 0 Å². The van der Waals surface area contributed by atoms with Crippen LogP contribution in [-0.2, 0) is 6.42 Å². The van der Waals surface area contributed by atoms with Crippen LogP contribution in [0.4, 0.5) is 4.39 Å². The summed E-state index contributed by atoms with van der Waals surface area (Å²) in [4.78, 5) is 16.3. The smallest absolute Gasteiger partial charge is 0.168 e. The SMILES string of the molecule is CC/C=C\N=C1CCc2ccc(F)cc2C(=O)C1. The first kappa shape index (κ1) is 12.7. The molecule has 0 amide bonds. The van der Waals surface area contributed by atoms with E-state index >= 15 is 0 Å². The van der Waals surface area contributed by atoms with Crippen molar-refractivity contribution in [2.75, 3.05) is 0 Å². The molecule has 2 rings (SSSR count). The molecule has 0 heterocycles. The summed E-state index contributed by atoms with van der Waals surface area (Å²) in [7, 11) is 0. The number of benzene rings is 1. The molecule has 0 radical (unpaired) electrons. The average molecular weight is 245 g/mol. The average Bonchev–Trinajstić information content (AvgIpc) is 2.50. The predicted octanol–water partition coefficient (Wildman–Crippen LogP) is 3.71. The van der Waals surface area contributed by atoms with Gasteiger partial charge in [0.25, 0.3) is 0 Å². The van der Waals surface area contributed by atoms with Crippen molar-refractivity contribution >= 4 is 11.5 Å². The van der Waals surface area contributed by atoms with E-state index in [4.69, 9.17) is 0 Å². The molecule has 0 saturated carbocycles. The molecule has 3 heteroatoms. The van der Waals surface area contributed by atoms with E-state index in [2.05, 4.69) is 4.99 Å². The standard InChI is InChI=1S/C15H16FNO/c1-2-3-8-17-13-7-5-11-4-6-12(16)9-14(11)15(18)10-13/h3-4,6,8-9H,2,5,7,10H2,1H3/b8-3-,17-13?. The molecule has 0 spiro atoms. The van der Waals surface area contributed by atoms with E-state index in [1.54, 1.807) is 12.3 Å². The number of nitrogens with zero attached hydrogens (tertiary/aromatic N) is 1. The topological polar surface area (TPSA) is 29.4 Å². The summed E-state index contributed by atoms with van der Waals surface area (Å²) in [5.41, 5.74) is 2.31. The van der Waals surface area contributed by atoms with Gasteiger partial charge in [0.05, 0.1) is 0 Å². The van der Waals surface area contributed by atoms with Gasteiger partial charge in [-0.2, -0.15) is 0 Å². The molecule has 0 unspecified atom stereocenters. The maximum absolute atomic E-state index is 13.2. The first-order chi connectivity index (χ1) is 8.70. The summed E-state index contributed by atoms with van der Waals surface area (Å²) in [5.74, 6) is -0.390. The fourth-order valence-electron chi connectivity index (χ4n) is 2.05. The van der Waals surface area contributed by atoms with Gasteiger partial charge in [0.15, 0.2) is 5.78 Å². The molecule has 1 aliphatic rings. The van der Waals surface area contributed by atoms with E-state index in [-0.39, 0.29) is 11.6 Å². The monoisotopic (exact) mass is 245 g/mol. The quantitative estimate of drug-likeness (QED) is 0.730. The van der Waals surface area contributed by atoms with E-state index < -0.39 is 0 Å². The molecule has 1 aliphatic carbocycles. The van der Waals surface area contributed by atoms with Gasteiger partial charge in [0, 0.05) is 23.9 Å². The van der Waals surface area contributed by atoms with E-state index in [0.717, 1.165) is 30.5 Å². The number of halogens is 1. The van der Waals surface area contributed by atoms with Crippen molar-refractivity contribution in [3.8, 4) is 0 Å². The number of rotatable bonds is 2. The van der Waals surface area contributed by atoms with Crippen LogP contribution in [0.25, 0.3) is 0 Å². The van der Waals surface area contributed by atoms with Gasteiger partial charge >= 0.3 is 0 Å². The molecule has 1 aromatic rings. The van der Waals surface area contributed by atoms with Gasteiger partial charge in [-0.25, -0.2) is 4.39 Å². The maximum Gasteiger partial charge on any atom is 0.168 e. The summed E-state index contributed by atoms with van der Waals surface area (Å²) in [6, 6.07) is 4.45. The lowest BCUT2D eigenvalue weighted by Gasteiger charge is -2.02. The minimum Gasteiger partial charge on any atom is -0.294 e. The Morgan fingerprint density at radius 2 is 2.22 bits per heavy atom. The Labute approximate surface area is 106 Å². The first-order valence-electron chi connectivity index (χ1n) is 6.23. The number of carbonyl (C=O) groups excluding carboxylic acids is 1. The molecule has 94 valence electrons. The number of allylic oxidation sites excluding steroid dienone is 1. The lowest BCUT2D eigenvalue weighted by atomic mass is 10.0. The molecule has 1 aromatic carbocycles. The molecule has 0 N–H and O–H groups in total. The molecule has 0 fully saturated rings. The van der Waals surface area contributed by atoms with E-state index in [1.807, 2.05) is 13.0 Å². The second-order valence-corrected chi connectivity index (χ2v) is 4.39. The number of Topliss-reactive ketones (excluding diaryl/α,β-unsaturated/α-hetero) is 1. The molecular weight excluding hydrogens is 229 g/mol. The Morgan fingerprint density at radius 1 is 1.39 bits per heavy atom. The van der Waals surface area contributed by atoms with Gasteiger partial charge in [0.1, 0.15) is 5.82 Å². The third-order valence-electron chi connectivity index (χ3n) is 3.02. The Morgan fingerprint density at radius 3 is 3.00 bits per heavy atom. The highest BCUT2D eigenvalue weighted by atomic mass is 19.1. The molecule has 0 atom stereocenters. The van der Waals surface area contributed by atoms with Gasteiger partial charge in [-0.05, 0) is 37.0 Å². The molecule has 0 aromatic heterocycles. The lowest BCUT2D eigenvalue weighted by molar-refractivity contribution is 0.1000. The zero-order valence-corrected chi connectivity index (χ0v) is 10.4. The number of hydrogen-bond acceptors (Lipinski definition) is 2. The number of hydrogen-bond donors (Lipinski definition) is 0. The van der Waals surface area contributed by atoms with Crippen LogP contribution >= 0.6 is 0 Å². The fourth-order valence-corrected chi connectivity index (χ4v) is 2.05. The van der Waals surface area contributed by atoms with Gasteiger partial charge in [-0.3, -0.25) is 9.79 Å². The number of aliphatic imine (C=N–C) groups is 1. The maximum atomic E-state index is 13.2. The van der Waals surface area contributed by atoms with E-state index in [9.17, 15) is 9.18 Å². The van der Waals surface area contributed by atoms with Gasteiger partial charge in [-0.15, -0.1) is 0 Å². The van der Waals surface area contributed by atoms with E-state index in [1.165, 1.54) is 12.1 Å². The minimum atomic E-state index is -0.353. The zero-order valence-electron chi connectivity index (χ0n) is 10.4. The predicted molar refractivity (Wildman–Crippen MR) is 70.5 cm³/mol. The summed E-state index contributed by atoms with van der Waals surface area (Å²) in [6.07, 6.45) is 6.44. The zero-order chi connectivity index (χ0) is 13.0. The highest BCUT2D eigenvalue weighted by Gasteiger charge is 2.19. The van der Waals surface area contributed by atoms with E-state index in [0.29, 0.717) is 12.0 Å². The van der Waals surface area contributed by atoms with Crippen molar-refractivity contribution in [1.82, 2.24) is 0 Å². The Hall–Kier alpha value is -1.77. The Kier molecular flexibility index (Phi) is 4.03. The normalized spacial score (nSPS) is 18.1. The Bertz CT molecular complexity index is 517. The van der Waals surface area contributed by atoms with Crippen molar-refractivity contribution in [2.24, 2.45) is 4.99 Å². The number of aryl methyl sites for hydroxylation is 1. The summed E-state index contributed by atoms with van der Waals surface area (Å²) in [6.45, 7) is 2.04. The summed E-state index contributed by atoms with van der Waals surface area (Å²) in [5, 5.41) is 0. The summed E-state index contributed by atoms with van der Waals surface area (Å²) < 4.78 is 13.2. The van der Waals surface area contributed by atoms with Crippen LogP contribution in [-0.4, -0.2) is 11.5 Å². The highest BCUT2D eigenvalue weighted by molar-refractivity contribution is 6.11. The van der Waals surface area contributed by atoms with Gasteiger partial charge in [-0.1, -0.05) is 19.1 Å². The van der Waals surface area contributed by atoms with Crippen LogP contribution < -0.4 is 0 Å². The molecule has 2 nitrogen and oxygen atoms in total. The highest BCUT2D eigenvalue weighted by Crippen LogP contribution is 2.20. The van der Waals surface area contributed by atoms with Crippen LogP contribution in [0.15, 0.2) is 35.5 Å². The second kappa shape index (κ2) is 5.71. The van der Waals surface area contributed by atoms with Gasteiger partial charge in [0.2, 0.25) is 0 Å².